The highest BCUT2D eigenvalue weighted by Crippen LogP contribution is 2.43. The van der Waals surface area contributed by atoms with E-state index in [1.54, 1.807) is 0 Å². The van der Waals surface area contributed by atoms with E-state index in [1.165, 1.54) is 141 Å². The van der Waals surface area contributed by atoms with Crippen LogP contribution in [0.4, 0.5) is 0 Å². The Bertz CT molecular complexity index is 429. The van der Waals surface area contributed by atoms with E-state index in [2.05, 4.69) is 20.8 Å². The predicted molar refractivity (Wildman–Crippen MR) is 168 cm³/mol. The van der Waals surface area contributed by atoms with Crippen LogP contribution < -0.4 is 5.73 Å². The highest BCUT2D eigenvalue weighted by atomic mass is 31.2. The van der Waals surface area contributed by atoms with Crippen molar-refractivity contribution < 1.29 is 18.5 Å². The first kappa shape index (κ1) is 40.2. The van der Waals surface area contributed by atoms with Gasteiger partial charge in [-0.2, -0.15) is 0 Å². The van der Waals surface area contributed by atoms with E-state index in [0.29, 0.717) is 13.2 Å². The monoisotopic (exact) mass is 564 g/mol. The lowest BCUT2D eigenvalue weighted by Crippen LogP contribution is -1.99. The van der Waals surface area contributed by atoms with Gasteiger partial charge >= 0.3 is 7.82 Å². The molecule has 0 saturated carbocycles. The Morgan fingerprint density at radius 2 is 0.684 bits per heavy atom. The van der Waals surface area contributed by atoms with Gasteiger partial charge in [-0.25, -0.2) is 4.57 Å². The molecule has 0 rings (SSSR count). The van der Waals surface area contributed by atoms with Crippen LogP contribution in [0, 0.1) is 0 Å². The molecule has 0 atom stereocenters. The van der Waals surface area contributed by atoms with Gasteiger partial charge in [-0.15, -0.1) is 0 Å². The topological polar surface area (TPSA) is 81.8 Å². The molecule has 0 aromatic rings. The average molecular weight is 564 g/mol. The van der Waals surface area contributed by atoms with E-state index >= 15 is 0 Å². The van der Waals surface area contributed by atoms with Crippen molar-refractivity contribution in [2.24, 2.45) is 5.73 Å². The zero-order valence-corrected chi connectivity index (χ0v) is 27.1. The molecule has 5 nitrogen and oxygen atoms in total. The summed E-state index contributed by atoms with van der Waals surface area (Å²) in [6, 6.07) is 0. The molecule has 0 aliphatic carbocycles. The molecule has 0 aromatic carbocycles. The minimum atomic E-state index is -3.83. The smallest absolute Gasteiger partial charge is 0.330 e. The Hall–Kier alpha value is 0.0700. The summed E-state index contributed by atoms with van der Waals surface area (Å²) in [4.78, 5) is 9.63. The average Bonchev–Trinajstić information content (AvgIpc) is 2.90. The van der Waals surface area contributed by atoms with Crippen molar-refractivity contribution in [3.05, 3.63) is 0 Å². The molecule has 0 bridgehead atoms. The molecule has 0 aliphatic rings. The highest BCUT2D eigenvalue weighted by molar-refractivity contribution is 7.47. The molecule has 0 amide bonds. The molecular weight excluding hydrogens is 493 g/mol. The lowest BCUT2D eigenvalue weighted by molar-refractivity contribution is 0.145. The van der Waals surface area contributed by atoms with Gasteiger partial charge in [0, 0.05) is 0 Å². The zero-order valence-electron chi connectivity index (χ0n) is 26.2. The zero-order chi connectivity index (χ0) is 28.4. The van der Waals surface area contributed by atoms with E-state index in [4.69, 9.17) is 14.8 Å². The van der Waals surface area contributed by atoms with E-state index in [0.717, 1.165) is 32.2 Å². The van der Waals surface area contributed by atoms with Gasteiger partial charge in [0.2, 0.25) is 0 Å². The number of unbranched alkanes of at least 4 members (excludes halogenated alkanes) is 23. The summed E-state index contributed by atoms with van der Waals surface area (Å²) in [7, 11) is -3.83. The quantitative estimate of drug-likeness (QED) is 0.0671. The van der Waals surface area contributed by atoms with Crippen LogP contribution in [0.3, 0.4) is 0 Å². The Kier molecular flexibility index (Phi) is 37.1. The van der Waals surface area contributed by atoms with Crippen LogP contribution in [0.1, 0.15) is 188 Å². The van der Waals surface area contributed by atoms with E-state index in [1.807, 2.05) is 0 Å². The fourth-order valence-corrected chi connectivity index (χ4v) is 5.29. The fraction of sp³-hybridized carbons (Fsp3) is 1.00. The van der Waals surface area contributed by atoms with Gasteiger partial charge in [-0.3, -0.25) is 9.05 Å². The second-order valence-corrected chi connectivity index (χ2v) is 12.5. The predicted octanol–water partition coefficient (Wildman–Crippen LogP) is 11.3. The Morgan fingerprint density at radius 3 is 0.947 bits per heavy atom. The van der Waals surface area contributed by atoms with Gasteiger partial charge in [-0.1, -0.05) is 168 Å². The van der Waals surface area contributed by atoms with Gasteiger partial charge in [0.1, 0.15) is 0 Å². The number of rotatable bonds is 30. The van der Waals surface area contributed by atoms with Crippen molar-refractivity contribution in [1.82, 2.24) is 0 Å². The Morgan fingerprint density at radius 1 is 0.447 bits per heavy atom. The number of phosphoric acid groups is 1. The molecule has 0 spiro atoms. The van der Waals surface area contributed by atoms with Crippen molar-refractivity contribution in [3.8, 4) is 0 Å². The maximum atomic E-state index is 11.7. The van der Waals surface area contributed by atoms with Crippen molar-refractivity contribution in [3.63, 3.8) is 0 Å². The molecule has 6 heteroatoms. The molecule has 0 heterocycles. The first-order chi connectivity index (χ1) is 18.5. The third-order valence-corrected chi connectivity index (χ3v) is 8.08. The number of hydrogen-bond acceptors (Lipinski definition) is 4. The Labute approximate surface area is 239 Å². The summed E-state index contributed by atoms with van der Waals surface area (Å²) in [6.45, 7) is 8.23. The molecule has 0 fully saturated rings. The van der Waals surface area contributed by atoms with Crippen molar-refractivity contribution >= 4 is 7.82 Å². The van der Waals surface area contributed by atoms with Crippen LogP contribution in [0.2, 0.25) is 0 Å². The first-order valence-electron chi connectivity index (χ1n) is 16.9. The number of hydrogen-bond donors (Lipinski definition) is 2. The molecule has 0 radical (unpaired) electrons. The molecule has 232 valence electrons. The molecule has 0 aromatic heterocycles. The second-order valence-electron chi connectivity index (χ2n) is 11.1. The van der Waals surface area contributed by atoms with Gasteiger partial charge in [0.25, 0.3) is 0 Å². The SMILES string of the molecule is CCCCCCCCCCCCN.CCCCCCCCCCOP(=O)(O)OCCCCCCCCCC. The van der Waals surface area contributed by atoms with Crippen LogP contribution in [0.25, 0.3) is 0 Å². The summed E-state index contributed by atoms with van der Waals surface area (Å²) < 4.78 is 21.8. The standard InChI is InChI=1S/C20H43O4P.C12H27N/c1-3-5-7-9-11-13-15-17-19-23-25(21,22)24-20-18-16-14-12-10-8-6-4-2;1-2-3-4-5-6-7-8-9-10-11-12-13/h3-20H2,1-2H3,(H,21,22);2-13H2,1H3. The number of nitrogens with two attached hydrogens (primary N) is 1. The van der Waals surface area contributed by atoms with Crippen molar-refractivity contribution in [2.45, 2.75) is 188 Å². The third kappa shape index (κ3) is 38.2. The van der Waals surface area contributed by atoms with Gasteiger partial charge in [0.15, 0.2) is 0 Å². The summed E-state index contributed by atoms with van der Waals surface area (Å²) in [5, 5.41) is 0. The summed E-state index contributed by atoms with van der Waals surface area (Å²) in [6.07, 6.45) is 33.1. The van der Waals surface area contributed by atoms with E-state index < -0.39 is 7.82 Å². The third-order valence-electron chi connectivity index (χ3n) is 7.06. The van der Waals surface area contributed by atoms with Crippen molar-refractivity contribution in [1.29, 1.82) is 0 Å². The van der Waals surface area contributed by atoms with Gasteiger partial charge < -0.3 is 10.6 Å². The minimum Gasteiger partial charge on any atom is -0.330 e. The molecule has 38 heavy (non-hydrogen) atoms. The van der Waals surface area contributed by atoms with E-state index in [9.17, 15) is 9.46 Å². The molecule has 0 unspecified atom stereocenters. The number of phosphoric ester groups is 1. The van der Waals surface area contributed by atoms with Crippen LogP contribution >= 0.6 is 7.82 Å². The minimum absolute atomic E-state index is 0.320. The lowest BCUT2D eigenvalue weighted by atomic mass is 10.1. The Balaban J connectivity index is 0. The van der Waals surface area contributed by atoms with E-state index in [-0.39, 0.29) is 0 Å². The molecule has 0 saturated heterocycles. The largest absolute Gasteiger partial charge is 0.472 e. The summed E-state index contributed by atoms with van der Waals surface area (Å²) in [5.41, 5.74) is 5.42. The second kappa shape index (κ2) is 35.1. The van der Waals surface area contributed by atoms with Gasteiger partial charge in [-0.05, 0) is 25.8 Å². The van der Waals surface area contributed by atoms with Crippen LogP contribution in [-0.4, -0.2) is 24.7 Å². The van der Waals surface area contributed by atoms with Crippen molar-refractivity contribution in [2.75, 3.05) is 19.8 Å². The normalized spacial score (nSPS) is 11.5. The maximum Gasteiger partial charge on any atom is 0.472 e. The lowest BCUT2D eigenvalue weighted by Gasteiger charge is -2.12. The molecule has 0 aliphatic heterocycles. The molecule has 3 N–H and O–H groups in total. The summed E-state index contributed by atoms with van der Waals surface area (Å²) >= 11 is 0. The highest BCUT2D eigenvalue weighted by Gasteiger charge is 2.19. The fourth-order valence-electron chi connectivity index (χ4n) is 4.50. The molecular formula is C32H70NO4P. The van der Waals surface area contributed by atoms with Crippen LogP contribution in [0.5, 0.6) is 0 Å². The van der Waals surface area contributed by atoms with Gasteiger partial charge in [0.05, 0.1) is 13.2 Å². The van der Waals surface area contributed by atoms with Crippen LogP contribution in [-0.2, 0) is 13.6 Å². The first-order valence-corrected chi connectivity index (χ1v) is 18.4. The van der Waals surface area contributed by atoms with Crippen LogP contribution in [0.15, 0.2) is 0 Å². The summed E-state index contributed by atoms with van der Waals surface area (Å²) in [5.74, 6) is 0. The maximum absolute atomic E-state index is 11.7.